The number of carbonyl (C=O) groups is 1. The molecule has 0 unspecified atom stereocenters. The number of piperazine rings is 1. The number of anilines is 1. The minimum absolute atomic E-state index is 0.0571. The highest BCUT2D eigenvalue weighted by Gasteiger charge is 2.19. The molecule has 148 valence electrons. The Bertz CT molecular complexity index is 1040. The van der Waals surface area contributed by atoms with E-state index in [0.29, 0.717) is 5.56 Å². The van der Waals surface area contributed by atoms with Crippen molar-refractivity contribution in [2.24, 2.45) is 0 Å². The van der Waals surface area contributed by atoms with Gasteiger partial charge >= 0.3 is 0 Å². The minimum Gasteiger partial charge on any atom is -0.346 e. The summed E-state index contributed by atoms with van der Waals surface area (Å²) in [5.41, 5.74) is 2.93. The minimum atomic E-state index is 0.0571. The van der Waals surface area contributed by atoms with E-state index in [0.717, 1.165) is 43.5 Å². The lowest BCUT2D eigenvalue weighted by Crippen LogP contribution is -2.49. The van der Waals surface area contributed by atoms with Gasteiger partial charge in [0.05, 0.1) is 0 Å². The first-order chi connectivity index (χ1) is 14.1. The van der Waals surface area contributed by atoms with Crippen LogP contribution in [0.4, 0.5) is 5.69 Å². The molecule has 4 nitrogen and oxygen atoms in total. The fourth-order valence-corrected chi connectivity index (χ4v) is 4.10. The molecule has 0 aromatic heterocycles. The molecular formula is C24H25N3OS. The first kappa shape index (κ1) is 19.6. The fourth-order valence-electron chi connectivity index (χ4n) is 3.80. The predicted octanol–water partition coefficient (Wildman–Crippen LogP) is 4.56. The molecule has 1 N–H and O–H groups in total. The van der Waals surface area contributed by atoms with Crippen LogP contribution < -0.4 is 5.32 Å². The summed E-state index contributed by atoms with van der Waals surface area (Å²) in [6.07, 6.45) is 0. The molecule has 1 aliphatic rings. The molecule has 0 atom stereocenters. The van der Waals surface area contributed by atoms with Gasteiger partial charge in [0.2, 0.25) is 0 Å². The highest BCUT2D eigenvalue weighted by Crippen LogP contribution is 2.21. The number of ketones is 1. The van der Waals surface area contributed by atoms with Gasteiger partial charge in [-0.3, -0.25) is 9.69 Å². The highest BCUT2D eigenvalue weighted by molar-refractivity contribution is 7.80. The largest absolute Gasteiger partial charge is 0.346 e. The summed E-state index contributed by atoms with van der Waals surface area (Å²) in [6, 6.07) is 22.6. The van der Waals surface area contributed by atoms with E-state index in [1.807, 2.05) is 24.3 Å². The summed E-state index contributed by atoms with van der Waals surface area (Å²) in [4.78, 5) is 16.3. The van der Waals surface area contributed by atoms with E-state index in [9.17, 15) is 4.79 Å². The van der Waals surface area contributed by atoms with Crippen molar-refractivity contribution in [1.82, 2.24) is 9.80 Å². The summed E-state index contributed by atoms with van der Waals surface area (Å²) in [6.45, 7) is 6.26. The molecule has 0 saturated carbocycles. The van der Waals surface area contributed by atoms with Crippen molar-refractivity contribution in [2.45, 2.75) is 13.5 Å². The van der Waals surface area contributed by atoms with Crippen LogP contribution in [-0.4, -0.2) is 46.9 Å². The standard InChI is InChI=1S/C24H25N3OS/c1-18(28)20-8-5-10-22(16-20)25-24(29)27-14-12-26(13-15-27)17-21-9-4-7-19-6-2-3-11-23(19)21/h2-11,16H,12-15,17H2,1H3,(H,25,29). The van der Waals surface area contributed by atoms with Crippen molar-refractivity contribution in [2.75, 3.05) is 31.5 Å². The number of rotatable bonds is 4. The predicted molar refractivity (Wildman–Crippen MR) is 123 cm³/mol. The second-order valence-electron chi connectivity index (χ2n) is 7.47. The maximum absolute atomic E-state index is 11.6. The van der Waals surface area contributed by atoms with Crippen molar-refractivity contribution in [3.05, 3.63) is 77.9 Å². The van der Waals surface area contributed by atoms with Crippen LogP contribution in [0.25, 0.3) is 10.8 Å². The Kier molecular flexibility index (Phi) is 5.88. The van der Waals surface area contributed by atoms with Crippen molar-refractivity contribution in [1.29, 1.82) is 0 Å². The van der Waals surface area contributed by atoms with Crippen LogP contribution >= 0.6 is 12.2 Å². The zero-order chi connectivity index (χ0) is 20.2. The van der Waals surface area contributed by atoms with Crippen molar-refractivity contribution < 1.29 is 4.79 Å². The van der Waals surface area contributed by atoms with Crippen molar-refractivity contribution in [3.8, 4) is 0 Å². The summed E-state index contributed by atoms with van der Waals surface area (Å²) in [5, 5.41) is 6.63. The summed E-state index contributed by atoms with van der Waals surface area (Å²) < 4.78 is 0. The Morgan fingerprint density at radius 1 is 0.966 bits per heavy atom. The Labute approximate surface area is 177 Å². The highest BCUT2D eigenvalue weighted by atomic mass is 32.1. The lowest BCUT2D eigenvalue weighted by Gasteiger charge is -2.36. The first-order valence-corrected chi connectivity index (χ1v) is 10.4. The van der Waals surface area contributed by atoms with Gasteiger partial charge in [0.1, 0.15) is 0 Å². The Balaban J connectivity index is 1.35. The molecule has 3 aromatic rings. The maximum atomic E-state index is 11.6. The van der Waals surface area contributed by atoms with Gasteiger partial charge in [-0.1, -0.05) is 54.6 Å². The van der Waals surface area contributed by atoms with E-state index in [1.165, 1.54) is 16.3 Å². The molecular weight excluding hydrogens is 378 g/mol. The van der Waals surface area contributed by atoms with Crippen LogP contribution in [0.15, 0.2) is 66.7 Å². The van der Waals surface area contributed by atoms with Gasteiger partial charge in [0, 0.05) is 44.0 Å². The Morgan fingerprint density at radius 3 is 2.48 bits per heavy atom. The number of nitrogens with one attached hydrogen (secondary N) is 1. The lowest BCUT2D eigenvalue weighted by molar-refractivity contribution is 0.101. The van der Waals surface area contributed by atoms with Gasteiger partial charge in [-0.2, -0.15) is 0 Å². The fraction of sp³-hybridized carbons (Fsp3) is 0.250. The van der Waals surface area contributed by atoms with Crippen LogP contribution in [-0.2, 0) is 6.54 Å². The van der Waals surface area contributed by atoms with E-state index in [1.54, 1.807) is 6.92 Å². The van der Waals surface area contributed by atoms with E-state index in [4.69, 9.17) is 12.2 Å². The van der Waals surface area contributed by atoms with E-state index in [-0.39, 0.29) is 5.78 Å². The molecule has 1 saturated heterocycles. The zero-order valence-corrected chi connectivity index (χ0v) is 17.4. The monoisotopic (exact) mass is 403 g/mol. The summed E-state index contributed by atoms with van der Waals surface area (Å²) in [7, 11) is 0. The second-order valence-corrected chi connectivity index (χ2v) is 7.86. The number of nitrogens with zero attached hydrogens (tertiary/aromatic N) is 2. The Morgan fingerprint density at radius 2 is 1.69 bits per heavy atom. The molecule has 29 heavy (non-hydrogen) atoms. The quantitative estimate of drug-likeness (QED) is 0.511. The van der Waals surface area contributed by atoms with Gasteiger partial charge in [-0.25, -0.2) is 0 Å². The molecule has 0 spiro atoms. The number of benzene rings is 3. The van der Waals surface area contributed by atoms with Gasteiger partial charge < -0.3 is 10.2 Å². The smallest absolute Gasteiger partial charge is 0.173 e. The van der Waals surface area contributed by atoms with Crippen LogP contribution in [0.1, 0.15) is 22.8 Å². The second kappa shape index (κ2) is 8.72. The number of hydrogen-bond acceptors (Lipinski definition) is 3. The maximum Gasteiger partial charge on any atom is 0.173 e. The van der Waals surface area contributed by atoms with Crippen LogP contribution in [0.2, 0.25) is 0 Å². The van der Waals surface area contributed by atoms with Gasteiger partial charge in [0.25, 0.3) is 0 Å². The third kappa shape index (κ3) is 4.63. The molecule has 1 heterocycles. The number of carbonyl (C=O) groups excluding carboxylic acids is 1. The molecule has 0 bridgehead atoms. The molecule has 0 radical (unpaired) electrons. The SMILES string of the molecule is CC(=O)c1cccc(NC(=S)N2CCN(Cc3cccc4ccccc34)CC2)c1. The lowest BCUT2D eigenvalue weighted by atomic mass is 10.0. The normalized spacial score (nSPS) is 14.7. The van der Waals surface area contributed by atoms with E-state index < -0.39 is 0 Å². The molecule has 1 aliphatic heterocycles. The number of hydrogen-bond donors (Lipinski definition) is 1. The van der Waals surface area contributed by atoms with Crippen LogP contribution in [0, 0.1) is 0 Å². The average molecular weight is 404 g/mol. The van der Waals surface area contributed by atoms with Gasteiger partial charge in [0.15, 0.2) is 10.9 Å². The first-order valence-electron chi connectivity index (χ1n) is 9.96. The van der Waals surface area contributed by atoms with Crippen LogP contribution in [0.3, 0.4) is 0 Å². The van der Waals surface area contributed by atoms with Gasteiger partial charge in [-0.05, 0) is 47.6 Å². The topological polar surface area (TPSA) is 35.6 Å². The molecule has 5 heteroatoms. The molecule has 0 aliphatic carbocycles. The summed E-state index contributed by atoms with van der Waals surface area (Å²) in [5.74, 6) is 0.0571. The zero-order valence-electron chi connectivity index (χ0n) is 16.6. The summed E-state index contributed by atoms with van der Waals surface area (Å²) >= 11 is 5.61. The van der Waals surface area contributed by atoms with Crippen LogP contribution in [0.5, 0.6) is 0 Å². The molecule has 1 fully saturated rings. The number of fused-ring (bicyclic) bond motifs is 1. The molecule has 0 amide bonds. The van der Waals surface area contributed by atoms with Crippen molar-refractivity contribution in [3.63, 3.8) is 0 Å². The average Bonchev–Trinajstić information content (AvgIpc) is 2.75. The number of Topliss-reactive ketones (excluding diaryl/α,β-unsaturated/α-hetero) is 1. The van der Waals surface area contributed by atoms with E-state index >= 15 is 0 Å². The molecule has 4 rings (SSSR count). The third-order valence-electron chi connectivity index (χ3n) is 5.45. The molecule has 3 aromatic carbocycles. The van der Waals surface area contributed by atoms with Gasteiger partial charge in [-0.15, -0.1) is 0 Å². The third-order valence-corrected chi connectivity index (χ3v) is 5.81. The Hall–Kier alpha value is -2.76. The number of thiocarbonyl (C=S) groups is 1. The van der Waals surface area contributed by atoms with Crippen molar-refractivity contribution >= 4 is 39.6 Å². The van der Waals surface area contributed by atoms with E-state index in [2.05, 4.69) is 57.6 Å².